The lowest BCUT2D eigenvalue weighted by atomic mass is 9.94. The Hall–Kier alpha value is -3.51. The molecule has 0 unspecified atom stereocenters. The highest BCUT2D eigenvalue weighted by molar-refractivity contribution is 5.96. The maximum atomic E-state index is 13.6. The molecule has 0 bridgehead atoms. The summed E-state index contributed by atoms with van der Waals surface area (Å²) < 4.78 is 23.8. The number of carbonyl (C=O) groups is 2. The van der Waals surface area contributed by atoms with Crippen molar-refractivity contribution in [1.82, 2.24) is 4.90 Å². The molecule has 8 heteroatoms. The highest BCUT2D eigenvalue weighted by Gasteiger charge is 2.44. The molecule has 1 fully saturated rings. The minimum atomic E-state index is -1.17. The van der Waals surface area contributed by atoms with Crippen LogP contribution in [0, 0.1) is 17.2 Å². The summed E-state index contributed by atoms with van der Waals surface area (Å²) in [5.74, 6) is -0.592. The maximum Gasteiger partial charge on any atom is 0.417 e. The number of rotatable bonds is 16. The molecule has 1 saturated heterocycles. The lowest BCUT2D eigenvalue weighted by molar-refractivity contribution is -0.165. The summed E-state index contributed by atoms with van der Waals surface area (Å²) >= 11 is 0. The summed E-state index contributed by atoms with van der Waals surface area (Å²) in [5, 5.41) is 9.56. The third-order valence-electron chi connectivity index (χ3n) is 7.10. The Kier molecular flexibility index (Phi) is 11.9. The average molecular weight is 549 g/mol. The summed E-state index contributed by atoms with van der Waals surface area (Å²) in [6.07, 6.45) is -0.00378. The van der Waals surface area contributed by atoms with Crippen LogP contribution in [-0.4, -0.2) is 54.0 Å². The first-order valence-electron chi connectivity index (χ1n) is 13.7. The minimum Gasteiger partial charge on any atom is -0.447 e. The Balaban J connectivity index is 1.76. The fraction of sp³-hybridized carbons (Fsp3) is 0.469. The first kappa shape index (κ1) is 31.0. The number of benzene rings is 2. The molecule has 0 spiro atoms. The first-order valence-corrected chi connectivity index (χ1v) is 13.7. The zero-order chi connectivity index (χ0) is 29.0. The number of nitrogens with zero attached hydrogens (tertiary/aromatic N) is 2. The second-order valence-corrected chi connectivity index (χ2v) is 10.4. The molecule has 0 saturated carbocycles. The summed E-state index contributed by atoms with van der Waals surface area (Å²) in [4.78, 5) is 27.2. The number of amides is 2. The van der Waals surface area contributed by atoms with Crippen LogP contribution in [0.3, 0.4) is 0 Å². The fourth-order valence-electron chi connectivity index (χ4n) is 4.53. The van der Waals surface area contributed by atoms with Gasteiger partial charge < -0.3 is 18.9 Å². The Bertz CT molecular complexity index is 1130. The highest BCUT2D eigenvalue weighted by atomic mass is 16.6. The van der Waals surface area contributed by atoms with Crippen molar-refractivity contribution in [2.75, 3.05) is 13.2 Å². The van der Waals surface area contributed by atoms with E-state index >= 15 is 0 Å². The smallest absolute Gasteiger partial charge is 0.417 e. The molecular weight excluding hydrogens is 508 g/mol. The van der Waals surface area contributed by atoms with Crippen LogP contribution in [0.5, 0.6) is 0 Å². The largest absolute Gasteiger partial charge is 0.447 e. The summed E-state index contributed by atoms with van der Waals surface area (Å²) in [6, 6.07) is 21.2. The van der Waals surface area contributed by atoms with Gasteiger partial charge in [0.1, 0.15) is 12.2 Å². The van der Waals surface area contributed by atoms with Crippen molar-refractivity contribution in [2.24, 2.45) is 5.92 Å². The van der Waals surface area contributed by atoms with Gasteiger partial charge in [0.25, 0.3) is 5.91 Å². The Morgan fingerprint density at radius 1 is 1.15 bits per heavy atom. The maximum absolute atomic E-state index is 13.6. The molecule has 2 aromatic carbocycles. The number of imide groups is 1. The van der Waals surface area contributed by atoms with Crippen molar-refractivity contribution in [2.45, 2.75) is 77.1 Å². The van der Waals surface area contributed by atoms with Gasteiger partial charge >= 0.3 is 6.09 Å². The van der Waals surface area contributed by atoms with Gasteiger partial charge in [-0.3, -0.25) is 4.79 Å². The molecule has 0 aliphatic carbocycles. The summed E-state index contributed by atoms with van der Waals surface area (Å²) in [7, 11) is 0. The lowest BCUT2D eigenvalue weighted by Crippen LogP contribution is -2.51. The molecule has 0 N–H and O–H groups in total. The molecular formula is C32H40N2O6. The molecule has 3 rings (SSSR count). The number of hydrogen-bond acceptors (Lipinski definition) is 7. The second kappa shape index (κ2) is 15.3. The van der Waals surface area contributed by atoms with Crippen molar-refractivity contribution in [1.29, 1.82) is 5.26 Å². The van der Waals surface area contributed by atoms with Crippen molar-refractivity contribution < 1.29 is 28.5 Å². The van der Waals surface area contributed by atoms with E-state index in [1.807, 2.05) is 87.5 Å². The highest BCUT2D eigenvalue weighted by Crippen LogP contribution is 2.29. The van der Waals surface area contributed by atoms with Crippen molar-refractivity contribution in [3.63, 3.8) is 0 Å². The van der Waals surface area contributed by atoms with E-state index in [0.29, 0.717) is 32.7 Å². The van der Waals surface area contributed by atoms with E-state index in [-0.39, 0.29) is 18.9 Å². The lowest BCUT2D eigenvalue weighted by Gasteiger charge is -2.37. The van der Waals surface area contributed by atoms with Crippen LogP contribution in [0.15, 0.2) is 73.3 Å². The van der Waals surface area contributed by atoms with Crippen molar-refractivity contribution in [3.8, 4) is 6.07 Å². The Labute approximate surface area is 237 Å². The van der Waals surface area contributed by atoms with Gasteiger partial charge in [0.15, 0.2) is 6.10 Å². The molecule has 40 heavy (non-hydrogen) atoms. The van der Waals surface area contributed by atoms with Gasteiger partial charge in [-0.1, -0.05) is 80.6 Å². The standard InChI is InChI=1S/C32H40N2O6/c1-5-32(4,39-22-26-15-10-7-11-16-26)29(17-12-20-37-21-25-13-8-6-9-14-25)40-28(18-19-33)30(35)34-27(24(2)3)23-38-31(34)36/h5-11,13-16,24,27-29H,1,12,17-18,20-23H2,2-4H3/t27-,28-,29+,32-/m0/s1. The molecule has 0 radical (unpaired) electrons. The molecule has 0 aromatic heterocycles. The topological polar surface area (TPSA) is 98.1 Å². The molecule has 1 aliphatic heterocycles. The number of carbonyl (C=O) groups excluding carboxylic acids is 2. The van der Waals surface area contributed by atoms with Gasteiger partial charge in [-0.25, -0.2) is 9.69 Å². The third kappa shape index (κ3) is 8.49. The number of hydrogen-bond donors (Lipinski definition) is 0. The molecule has 4 atom stereocenters. The van der Waals surface area contributed by atoms with Crippen LogP contribution in [0.25, 0.3) is 0 Å². The van der Waals surface area contributed by atoms with E-state index in [9.17, 15) is 14.9 Å². The fourth-order valence-corrected chi connectivity index (χ4v) is 4.53. The minimum absolute atomic E-state index is 0.0108. The second-order valence-electron chi connectivity index (χ2n) is 10.4. The Morgan fingerprint density at radius 2 is 1.77 bits per heavy atom. The average Bonchev–Trinajstić information content (AvgIpc) is 3.37. The van der Waals surface area contributed by atoms with E-state index < -0.39 is 35.9 Å². The molecule has 1 heterocycles. The van der Waals surface area contributed by atoms with Crippen LogP contribution in [0.2, 0.25) is 0 Å². The predicted molar refractivity (Wildman–Crippen MR) is 151 cm³/mol. The summed E-state index contributed by atoms with van der Waals surface area (Å²) in [6.45, 7) is 11.1. The van der Waals surface area contributed by atoms with E-state index in [1.165, 1.54) is 0 Å². The van der Waals surface area contributed by atoms with Gasteiger partial charge in [0.2, 0.25) is 0 Å². The first-order chi connectivity index (χ1) is 19.3. The van der Waals surface area contributed by atoms with Crippen LogP contribution in [-0.2, 0) is 37.0 Å². The predicted octanol–water partition coefficient (Wildman–Crippen LogP) is 5.82. The molecule has 2 amide bonds. The third-order valence-corrected chi connectivity index (χ3v) is 7.10. The molecule has 8 nitrogen and oxygen atoms in total. The van der Waals surface area contributed by atoms with Gasteiger partial charge in [-0.05, 0) is 36.8 Å². The van der Waals surface area contributed by atoms with Crippen LogP contribution in [0.4, 0.5) is 4.79 Å². The zero-order valence-corrected chi connectivity index (χ0v) is 23.7. The normalized spacial score (nSPS) is 18.0. The van der Waals surface area contributed by atoms with Crippen LogP contribution >= 0.6 is 0 Å². The number of ether oxygens (including phenoxy) is 4. The van der Waals surface area contributed by atoms with Crippen LogP contribution in [0.1, 0.15) is 51.2 Å². The summed E-state index contributed by atoms with van der Waals surface area (Å²) in [5.41, 5.74) is 1.06. The molecule has 1 aliphatic rings. The molecule has 214 valence electrons. The van der Waals surface area contributed by atoms with Gasteiger partial charge in [0, 0.05) is 6.61 Å². The van der Waals surface area contributed by atoms with E-state index in [2.05, 4.69) is 6.58 Å². The van der Waals surface area contributed by atoms with E-state index in [4.69, 9.17) is 18.9 Å². The van der Waals surface area contributed by atoms with Crippen molar-refractivity contribution in [3.05, 3.63) is 84.4 Å². The SMILES string of the molecule is C=C[C@](C)(OCc1ccccc1)[C@@H](CCCOCc1ccccc1)O[C@@H](CC#N)C(=O)N1C(=O)OC[C@H]1C(C)C. The number of cyclic esters (lactones) is 1. The zero-order valence-electron chi connectivity index (χ0n) is 23.7. The molecule has 2 aromatic rings. The van der Waals surface area contributed by atoms with E-state index in [0.717, 1.165) is 16.0 Å². The van der Waals surface area contributed by atoms with Gasteiger partial charge in [0.05, 0.1) is 37.8 Å². The number of nitriles is 1. The van der Waals surface area contributed by atoms with Crippen LogP contribution < -0.4 is 0 Å². The quantitative estimate of drug-likeness (QED) is 0.193. The van der Waals surface area contributed by atoms with E-state index in [1.54, 1.807) is 6.08 Å². The Morgan fingerprint density at radius 3 is 2.35 bits per heavy atom. The van der Waals surface area contributed by atoms with Gasteiger partial charge in [-0.15, -0.1) is 6.58 Å². The monoisotopic (exact) mass is 548 g/mol. The van der Waals surface area contributed by atoms with Gasteiger partial charge in [-0.2, -0.15) is 5.26 Å². The van der Waals surface area contributed by atoms with Crippen molar-refractivity contribution >= 4 is 12.0 Å².